The lowest BCUT2D eigenvalue weighted by Gasteiger charge is -2.40. The fourth-order valence-corrected chi connectivity index (χ4v) is 5.40. The molecular weight excluding hydrogens is 450 g/mol. The maximum atomic E-state index is 13.3. The van der Waals surface area contributed by atoms with Crippen LogP contribution in [0.15, 0.2) is 48.5 Å². The molecule has 0 spiro atoms. The van der Waals surface area contributed by atoms with Gasteiger partial charge >= 0.3 is 0 Å². The standard InChI is InChI=1S/C27H34ClN3O3/c1-34-22-12-10-20(11-13-22)14-15-29-26(32)25(21-6-2-3-7-21)30-16-18-31(19-17-30)27(33)23-8-4-5-9-24(23)28/h4-5,8-13,21,25H,2-3,6-7,14-19H2,1H3,(H,29,32)/t25-/m0/s1. The van der Waals surface area contributed by atoms with Gasteiger partial charge in [-0.05, 0) is 55.0 Å². The minimum Gasteiger partial charge on any atom is -0.497 e. The minimum atomic E-state index is -0.129. The number of nitrogens with one attached hydrogen (secondary N) is 1. The Morgan fingerprint density at radius 3 is 2.35 bits per heavy atom. The minimum absolute atomic E-state index is 0.0355. The van der Waals surface area contributed by atoms with E-state index in [9.17, 15) is 9.59 Å². The molecule has 2 amide bonds. The predicted octanol–water partition coefficient (Wildman–Crippen LogP) is 4.02. The van der Waals surface area contributed by atoms with Crippen molar-refractivity contribution in [1.82, 2.24) is 15.1 Å². The highest BCUT2D eigenvalue weighted by molar-refractivity contribution is 6.33. The van der Waals surface area contributed by atoms with Crippen LogP contribution in [-0.4, -0.2) is 67.5 Å². The van der Waals surface area contributed by atoms with Gasteiger partial charge < -0.3 is 15.0 Å². The number of carbonyl (C=O) groups excluding carboxylic acids is 2. The van der Waals surface area contributed by atoms with E-state index in [4.69, 9.17) is 16.3 Å². The van der Waals surface area contributed by atoms with Gasteiger partial charge in [-0.2, -0.15) is 0 Å². The summed E-state index contributed by atoms with van der Waals surface area (Å²) in [6.07, 6.45) is 5.34. The van der Waals surface area contributed by atoms with E-state index in [1.54, 1.807) is 19.2 Å². The number of rotatable bonds is 8. The van der Waals surface area contributed by atoms with Crippen molar-refractivity contribution in [3.63, 3.8) is 0 Å². The number of halogens is 1. The summed E-state index contributed by atoms with van der Waals surface area (Å²) < 4.78 is 5.21. The van der Waals surface area contributed by atoms with Crippen molar-refractivity contribution < 1.29 is 14.3 Å². The Hall–Kier alpha value is -2.57. The molecule has 0 radical (unpaired) electrons. The van der Waals surface area contributed by atoms with Gasteiger partial charge in [0.2, 0.25) is 5.91 Å². The maximum absolute atomic E-state index is 13.3. The Morgan fingerprint density at radius 1 is 1.03 bits per heavy atom. The number of hydrogen-bond acceptors (Lipinski definition) is 4. The van der Waals surface area contributed by atoms with Crippen LogP contribution in [0.3, 0.4) is 0 Å². The monoisotopic (exact) mass is 483 g/mol. The predicted molar refractivity (Wildman–Crippen MR) is 134 cm³/mol. The van der Waals surface area contributed by atoms with E-state index >= 15 is 0 Å². The molecule has 2 aromatic rings. The number of carbonyl (C=O) groups is 2. The first kappa shape index (κ1) is 24.6. The molecule has 4 rings (SSSR count). The lowest BCUT2D eigenvalue weighted by Crippen LogP contribution is -2.58. The molecule has 1 aliphatic carbocycles. The topological polar surface area (TPSA) is 61.9 Å². The van der Waals surface area contributed by atoms with Crippen molar-refractivity contribution in [1.29, 1.82) is 0 Å². The number of methoxy groups -OCH3 is 1. The average molecular weight is 484 g/mol. The summed E-state index contributed by atoms with van der Waals surface area (Å²) in [6.45, 7) is 3.21. The van der Waals surface area contributed by atoms with Gasteiger partial charge in [0.15, 0.2) is 0 Å². The van der Waals surface area contributed by atoms with E-state index in [0.29, 0.717) is 49.2 Å². The van der Waals surface area contributed by atoms with E-state index in [2.05, 4.69) is 10.2 Å². The molecule has 7 heteroatoms. The lowest BCUT2D eigenvalue weighted by atomic mass is 9.94. The van der Waals surface area contributed by atoms with E-state index in [0.717, 1.165) is 25.0 Å². The Labute approximate surface area is 207 Å². The maximum Gasteiger partial charge on any atom is 0.255 e. The highest BCUT2D eigenvalue weighted by Gasteiger charge is 2.37. The summed E-state index contributed by atoms with van der Waals surface area (Å²) in [4.78, 5) is 30.4. The summed E-state index contributed by atoms with van der Waals surface area (Å²) >= 11 is 6.24. The van der Waals surface area contributed by atoms with Gasteiger partial charge in [-0.3, -0.25) is 14.5 Å². The highest BCUT2D eigenvalue weighted by atomic mass is 35.5. The summed E-state index contributed by atoms with van der Waals surface area (Å²) in [5, 5.41) is 3.67. The van der Waals surface area contributed by atoms with Crippen molar-refractivity contribution >= 4 is 23.4 Å². The Morgan fingerprint density at radius 2 is 1.71 bits per heavy atom. The zero-order valence-corrected chi connectivity index (χ0v) is 20.6. The first-order chi connectivity index (χ1) is 16.6. The van der Waals surface area contributed by atoms with E-state index in [1.165, 1.54) is 18.4 Å². The van der Waals surface area contributed by atoms with Gasteiger partial charge in [0.25, 0.3) is 5.91 Å². The van der Waals surface area contributed by atoms with Crippen molar-refractivity contribution in [2.24, 2.45) is 5.92 Å². The zero-order valence-electron chi connectivity index (χ0n) is 19.8. The van der Waals surface area contributed by atoms with Crippen molar-refractivity contribution in [3.05, 3.63) is 64.7 Å². The van der Waals surface area contributed by atoms with Crippen LogP contribution in [0.25, 0.3) is 0 Å². The Balaban J connectivity index is 1.34. The van der Waals surface area contributed by atoms with Crippen LogP contribution in [0.5, 0.6) is 5.75 Å². The second-order valence-corrected chi connectivity index (χ2v) is 9.59. The van der Waals surface area contributed by atoms with Crippen molar-refractivity contribution in [2.75, 3.05) is 39.8 Å². The summed E-state index contributed by atoms with van der Waals surface area (Å²) in [6, 6.07) is 15.0. The molecule has 1 heterocycles. The van der Waals surface area contributed by atoms with Gasteiger partial charge in [-0.15, -0.1) is 0 Å². The number of piperazine rings is 1. The number of nitrogens with zero attached hydrogens (tertiary/aromatic N) is 2. The second-order valence-electron chi connectivity index (χ2n) is 9.19. The zero-order chi connectivity index (χ0) is 23.9. The molecule has 1 atom stereocenters. The van der Waals surface area contributed by atoms with E-state index in [-0.39, 0.29) is 17.9 Å². The Kier molecular flexibility index (Phi) is 8.46. The molecule has 2 aromatic carbocycles. The Bertz CT molecular complexity index is 967. The fraction of sp³-hybridized carbons (Fsp3) is 0.481. The lowest BCUT2D eigenvalue weighted by molar-refractivity contribution is -0.129. The van der Waals surface area contributed by atoms with Crippen LogP contribution in [0.1, 0.15) is 41.6 Å². The molecule has 6 nitrogen and oxygen atoms in total. The van der Waals surface area contributed by atoms with Gasteiger partial charge in [0.05, 0.1) is 23.7 Å². The van der Waals surface area contributed by atoms with Gasteiger partial charge in [0, 0.05) is 32.7 Å². The smallest absolute Gasteiger partial charge is 0.255 e. The highest BCUT2D eigenvalue weighted by Crippen LogP contribution is 2.31. The van der Waals surface area contributed by atoms with Crippen molar-refractivity contribution in [2.45, 2.75) is 38.1 Å². The molecule has 0 aromatic heterocycles. The number of ether oxygens (including phenoxy) is 1. The molecule has 0 unspecified atom stereocenters. The van der Waals surface area contributed by atoms with Crippen LogP contribution in [-0.2, 0) is 11.2 Å². The molecule has 1 N–H and O–H groups in total. The summed E-state index contributed by atoms with van der Waals surface area (Å²) in [5.41, 5.74) is 1.71. The molecule has 34 heavy (non-hydrogen) atoms. The van der Waals surface area contributed by atoms with Gasteiger partial charge in [-0.25, -0.2) is 0 Å². The molecule has 1 saturated carbocycles. The fourth-order valence-electron chi connectivity index (χ4n) is 5.19. The van der Waals surface area contributed by atoms with E-state index < -0.39 is 0 Å². The molecule has 1 saturated heterocycles. The molecule has 1 aliphatic heterocycles. The second kappa shape index (κ2) is 11.7. The third-order valence-electron chi connectivity index (χ3n) is 7.09. The first-order valence-electron chi connectivity index (χ1n) is 12.3. The molecule has 2 aliphatic rings. The van der Waals surface area contributed by atoms with Crippen LogP contribution in [0, 0.1) is 5.92 Å². The third kappa shape index (κ3) is 5.91. The molecule has 182 valence electrons. The molecular formula is C27H34ClN3O3. The number of hydrogen-bond donors (Lipinski definition) is 1. The number of amides is 2. The summed E-state index contributed by atoms with van der Waals surface area (Å²) in [7, 11) is 1.66. The normalized spacial score (nSPS) is 18.0. The SMILES string of the molecule is COc1ccc(CCNC(=O)[C@H](C2CCCC2)N2CCN(C(=O)c3ccccc3Cl)CC2)cc1. The van der Waals surface area contributed by atoms with Crippen LogP contribution in [0.2, 0.25) is 5.02 Å². The first-order valence-corrected chi connectivity index (χ1v) is 12.6. The largest absolute Gasteiger partial charge is 0.497 e. The van der Waals surface area contributed by atoms with Crippen LogP contribution in [0.4, 0.5) is 0 Å². The van der Waals surface area contributed by atoms with Gasteiger partial charge in [-0.1, -0.05) is 48.7 Å². The van der Waals surface area contributed by atoms with E-state index in [1.807, 2.05) is 41.3 Å². The van der Waals surface area contributed by atoms with Gasteiger partial charge in [0.1, 0.15) is 5.75 Å². The summed E-state index contributed by atoms with van der Waals surface area (Å²) in [5.74, 6) is 1.30. The van der Waals surface area contributed by atoms with Crippen LogP contribution < -0.4 is 10.1 Å². The quantitative estimate of drug-likeness (QED) is 0.616. The van der Waals surface area contributed by atoms with Crippen molar-refractivity contribution in [3.8, 4) is 5.75 Å². The number of benzene rings is 2. The average Bonchev–Trinajstić information content (AvgIpc) is 3.39. The van der Waals surface area contributed by atoms with Crippen LogP contribution >= 0.6 is 11.6 Å². The molecule has 2 fully saturated rings. The third-order valence-corrected chi connectivity index (χ3v) is 7.42. The molecule has 0 bridgehead atoms.